The molecule has 0 aliphatic carbocycles. The molecule has 0 atom stereocenters. The van der Waals surface area contributed by atoms with E-state index in [-0.39, 0.29) is 0 Å². The van der Waals surface area contributed by atoms with E-state index < -0.39 is 0 Å². The highest BCUT2D eigenvalue weighted by Gasteiger charge is 2.06. The number of hydrogen-bond acceptors (Lipinski definition) is 1. The Kier molecular flexibility index (Phi) is 2.43. The molecule has 1 heteroatoms. The standard InChI is InChI=1S/C14H13N/c1-10(2)12-6-4-7-13-11(9-15)5-3-8-14(12)13/h3-8,10H,1-2H3. The minimum Gasteiger partial charge on any atom is -0.192 e. The maximum atomic E-state index is 9.02. The van der Waals surface area contributed by atoms with Crippen molar-refractivity contribution in [2.75, 3.05) is 0 Å². The molecule has 0 saturated carbocycles. The Bertz CT molecular complexity index is 533. The molecule has 2 aromatic carbocycles. The first-order chi connectivity index (χ1) is 7.24. The van der Waals surface area contributed by atoms with Crippen LogP contribution >= 0.6 is 0 Å². The lowest BCUT2D eigenvalue weighted by Crippen LogP contribution is -1.90. The maximum absolute atomic E-state index is 9.02. The van der Waals surface area contributed by atoms with Gasteiger partial charge in [-0.1, -0.05) is 44.2 Å². The monoisotopic (exact) mass is 195 g/mol. The van der Waals surface area contributed by atoms with E-state index in [1.165, 1.54) is 10.9 Å². The third-order valence-electron chi connectivity index (χ3n) is 2.70. The Morgan fingerprint density at radius 2 is 1.67 bits per heavy atom. The first-order valence-corrected chi connectivity index (χ1v) is 5.16. The lowest BCUT2D eigenvalue weighted by atomic mass is 9.94. The number of fused-ring (bicyclic) bond motifs is 1. The molecule has 0 N–H and O–H groups in total. The third kappa shape index (κ3) is 1.59. The van der Waals surface area contributed by atoms with Gasteiger partial charge in [0.15, 0.2) is 0 Å². The maximum Gasteiger partial charge on any atom is 0.0998 e. The number of nitrogens with zero attached hydrogens (tertiary/aromatic N) is 1. The molecule has 0 fully saturated rings. The fourth-order valence-electron chi connectivity index (χ4n) is 1.94. The highest BCUT2D eigenvalue weighted by molar-refractivity contribution is 5.90. The van der Waals surface area contributed by atoms with Crippen molar-refractivity contribution in [3.05, 3.63) is 47.5 Å². The van der Waals surface area contributed by atoms with Crippen LogP contribution in [0.25, 0.3) is 10.8 Å². The van der Waals surface area contributed by atoms with Gasteiger partial charge in [-0.05, 0) is 28.3 Å². The predicted octanol–water partition coefficient (Wildman–Crippen LogP) is 3.83. The molecule has 1 nitrogen and oxygen atoms in total. The van der Waals surface area contributed by atoms with Crippen LogP contribution in [0.2, 0.25) is 0 Å². The second-order valence-corrected chi connectivity index (χ2v) is 4.01. The fourth-order valence-corrected chi connectivity index (χ4v) is 1.94. The summed E-state index contributed by atoms with van der Waals surface area (Å²) < 4.78 is 0. The quantitative estimate of drug-likeness (QED) is 0.678. The molecular weight excluding hydrogens is 182 g/mol. The molecule has 0 radical (unpaired) electrons. The van der Waals surface area contributed by atoms with Crippen molar-refractivity contribution in [1.29, 1.82) is 5.26 Å². The van der Waals surface area contributed by atoms with E-state index in [1.54, 1.807) is 0 Å². The summed E-state index contributed by atoms with van der Waals surface area (Å²) in [7, 11) is 0. The molecule has 0 unspecified atom stereocenters. The Hall–Kier alpha value is -1.81. The molecule has 0 bridgehead atoms. The summed E-state index contributed by atoms with van der Waals surface area (Å²) in [6, 6.07) is 14.3. The van der Waals surface area contributed by atoms with Crippen LogP contribution in [0, 0.1) is 11.3 Å². The third-order valence-corrected chi connectivity index (χ3v) is 2.70. The highest BCUT2D eigenvalue weighted by atomic mass is 14.2. The molecule has 0 aliphatic rings. The van der Waals surface area contributed by atoms with Gasteiger partial charge in [-0.3, -0.25) is 0 Å². The molecule has 2 rings (SSSR count). The Morgan fingerprint density at radius 1 is 1.00 bits per heavy atom. The van der Waals surface area contributed by atoms with Gasteiger partial charge in [0.05, 0.1) is 11.6 Å². The van der Waals surface area contributed by atoms with Gasteiger partial charge in [0.25, 0.3) is 0 Å². The summed E-state index contributed by atoms with van der Waals surface area (Å²) in [5.41, 5.74) is 2.07. The van der Waals surface area contributed by atoms with Gasteiger partial charge in [-0.25, -0.2) is 0 Å². The Balaban J connectivity index is 2.84. The van der Waals surface area contributed by atoms with Gasteiger partial charge in [0.2, 0.25) is 0 Å². The topological polar surface area (TPSA) is 23.8 Å². The van der Waals surface area contributed by atoms with E-state index in [4.69, 9.17) is 5.26 Å². The van der Waals surface area contributed by atoms with Crippen LogP contribution < -0.4 is 0 Å². The van der Waals surface area contributed by atoms with Crippen LogP contribution in [0.4, 0.5) is 0 Å². The van der Waals surface area contributed by atoms with Crippen molar-refractivity contribution in [3.8, 4) is 6.07 Å². The van der Waals surface area contributed by atoms with E-state index in [9.17, 15) is 0 Å². The summed E-state index contributed by atoms with van der Waals surface area (Å²) in [4.78, 5) is 0. The zero-order valence-electron chi connectivity index (χ0n) is 8.99. The van der Waals surface area contributed by atoms with Gasteiger partial charge in [-0.15, -0.1) is 0 Å². The molecule has 2 aromatic rings. The van der Waals surface area contributed by atoms with Crippen molar-refractivity contribution < 1.29 is 0 Å². The first kappa shape index (κ1) is 9.73. The summed E-state index contributed by atoms with van der Waals surface area (Å²) in [6.45, 7) is 4.35. The lowest BCUT2D eigenvalue weighted by molar-refractivity contribution is 0.876. The second-order valence-electron chi connectivity index (χ2n) is 4.01. The van der Waals surface area contributed by atoms with E-state index in [0.717, 1.165) is 10.9 Å². The molecule has 0 heterocycles. The van der Waals surface area contributed by atoms with Gasteiger partial charge in [0, 0.05) is 0 Å². The molecule has 0 aromatic heterocycles. The van der Waals surface area contributed by atoms with Gasteiger partial charge >= 0.3 is 0 Å². The van der Waals surface area contributed by atoms with E-state index in [0.29, 0.717) is 5.92 Å². The number of nitriles is 1. The van der Waals surface area contributed by atoms with Crippen LogP contribution in [0.1, 0.15) is 30.9 Å². The SMILES string of the molecule is CC(C)c1cccc2c(C#N)cccc12. The van der Waals surface area contributed by atoms with Crippen LogP contribution in [-0.4, -0.2) is 0 Å². The van der Waals surface area contributed by atoms with Gasteiger partial charge in [0.1, 0.15) is 0 Å². The van der Waals surface area contributed by atoms with E-state index >= 15 is 0 Å². The molecule has 0 saturated heterocycles. The average Bonchev–Trinajstić information content (AvgIpc) is 2.27. The molecule has 0 spiro atoms. The second kappa shape index (κ2) is 3.74. The summed E-state index contributed by atoms with van der Waals surface area (Å²) in [5.74, 6) is 0.489. The minimum absolute atomic E-state index is 0.489. The summed E-state index contributed by atoms with van der Waals surface area (Å²) in [6.07, 6.45) is 0. The first-order valence-electron chi connectivity index (χ1n) is 5.16. The Labute approximate surface area is 90.0 Å². The van der Waals surface area contributed by atoms with Crippen molar-refractivity contribution in [2.24, 2.45) is 0 Å². The zero-order valence-corrected chi connectivity index (χ0v) is 8.99. The predicted molar refractivity (Wildman–Crippen MR) is 62.8 cm³/mol. The molecule has 0 amide bonds. The largest absolute Gasteiger partial charge is 0.192 e. The molecular formula is C14H13N. The van der Waals surface area contributed by atoms with Crippen LogP contribution in [-0.2, 0) is 0 Å². The number of benzene rings is 2. The average molecular weight is 195 g/mol. The van der Waals surface area contributed by atoms with Crippen molar-refractivity contribution in [2.45, 2.75) is 19.8 Å². The van der Waals surface area contributed by atoms with E-state index in [1.807, 2.05) is 24.3 Å². The fraction of sp³-hybridized carbons (Fsp3) is 0.214. The minimum atomic E-state index is 0.489. The summed E-state index contributed by atoms with van der Waals surface area (Å²) in [5, 5.41) is 11.3. The van der Waals surface area contributed by atoms with Crippen molar-refractivity contribution >= 4 is 10.8 Å². The van der Waals surface area contributed by atoms with Crippen LogP contribution in [0.5, 0.6) is 0 Å². The van der Waals surface area contributed by atoms with E-state index in [2.05, 4.69) is 32.0 Å². The molecule has 15 heavy (non-hydrogen) atoms. The van der Waals surface area contributed by atoms with Crippen LogP contribution in [0.3, 0.4) is 0 Å². The highest BCUT2D eigenvalue weighted by Crippen LogP contribution is 2.26. The van der Waals surface area contributed by atoms with Crippen LogP contribution in [0.15, 0.2) is 36.4 Å². The lowest BCUT2D eigenvalue weighted by Gasteiger charge is -2.10. The number of hydrogen-bond donors (Lipinski definition) is 0. The van der Waals surface area contributed by atoms with Crippen molar-refractivity contribution in [3.63, 3.8) is 0 Å². The summed E-state index contributed by atoms with van der Waals surface area (Å²) >= 11 is 0. The Morgan fingerprint density at radius 3 is 2.33 bits per heavy atom. The zero-order chi connectivity index (χ0) is 10.8. The van der Waals surface area contributed by atoms with Gasteiger partial charge in [-0.2, -0.15) is 5.26 Å². The molecule has 74 valence electrons. The number of rotatable bonds is 1. The van der Waals surface area contributed by atoms with Crippen molar-refractivity contribution in [1.82, 2.24) is 0 Å². The molecule has 0 aliphatic heterocycles. The van der Waals surface area contributed by atoms with Gasteiger partial charge < -0.3 is 0 Å². The normalized spacial score (nSPS) is 10.5. The smallest absolute Gasteiger partial charge is 0.0998 e.